The molecule has 4 nitrogen and oxygen atoms in total. The van der Waals surface area contributed by atoms with Crippen LogP contribution < -0.4 is 10.6 Å². The van der Waals surface area contributed by atoms with Gasteiger partial charge < -0.3 is 15.4 Å². The van der Waals surface area contributed by atoms with E-state index in [2.05, 4.69) is 17.9 Å². The number of nitrogens with two attached hydrogens (primary N) is 1. The van der Waals surface area contributed by atoms with E-state index in [-0.39, 0.29) is 0 Å². The van der Waals surface area contributed by atoms with Gasteiger partial charge in [0, 0.05) is 6.54 Å². The second-order valence-electron chi connectivity index (χ2n) is 4.22. The van der Waals surface area contributed by atoms with E-state index in [1.165, 1.54) is 0 Å². The molecule has 1 unspecified atom stereocenters. The summed E-state index contributed by atoms with van der Waals surface area (Å²) in [5.74, 6) is 0. The third kappa shape index (κ3) is 2.34. The first kappa shape index (κ1) is 11.7. The van der Waals surface area contributed by atoms with Crippen LogP contribution in [0.2, 0.25) is 0 Å². The largest absolute Gasteiger partial charge is 0.397 e. The monoisotopic (exact) mass is 231 g/mol. The highest BCUT2D eigenvalue weighted by atomic mass is 16.5. The first-order valence-electron chi connectivity index (χ1n) is 5.90. The summed E-state index contributed by atoms with van der Waals surface area (Å²) < 4.78 is 5.47. The Balaban J connectivity index is 2.29. The van der Waals surface area contributed by atoms with Crippen LogP contribution in [0.4, 0.5) is 11.4 Å². The molecule has 1 saturated heterocycles. The minimum atomic E-state index is 0.374. The molecule has 1 aliphatic rings. The van der Waals surface area contributed by atoms with Crippen LogP contribution in [0.1, 0.15) is 18.9 Å². The van der Waals surface area contributed by atoms with E-state index in [9.17, 15) is 0 Å². The maximum absolute atomic E-state index is 8.82. The highest BCUT2D eigenvalue weighted by Crippen LogP contribution is 2.28. The van der Waals surface area contributed by atoms with Gasteiger partial charge in [0.25, 0.3) is 0 Å². The van der Waals surface area contributed by atoms with E-state index >= 15 is 0 Å². The number of hydrogen-bond acceptors (Lipinski definition) is 4. The number of benzene rings is 1. The van der Waals surface area contributed by atoms with Crippen molar-refractivity contribution in [3.8, 4) is 6.07 Å². The smallest absolute Gasteiger partial charge is 0.0992 e. The molecule has 1 aliphatic heterocycles. The number of nitrogens with zero attached hydrogens (tertiary/aromatic N) is 2. The molecule has 1 heterocycles. The van der Waals surface area contributed by atoms with Crippen molar-refractivity contribution in [2.24, 2.45) is 0 Å². The van der Waals surface area contributed by atoms with Gasteiger partial charge in [0.1, 0.15) is 0 Å². The zero-order valence-electron chi connectivity index (χ0n) is 10.0. The number of ether oxygens (including phenoxy) is 1. The van der Waals surface area contributed by atoms with Crippen LogP contribution in [0.15, 0.2) is 18.2 Å². The Morgan fingerprint density at radius 2 is 2.41 bits per heavy atom. The van der Waals surface area contributed by atoms with Gasteiger partial charge in [0.2, 0.25) is 0 Å². The Bertz CT molecular complexity index is 439. The summed E-state index contributed by atoms with van der Waals surface area (Å²) >= 11 is 0. The lowest BCUT2D eigenvalue weighted by atomic mass is 10.1. The van der Waals surface area contributed by atoms with Gasteiger partial charge in [-0.2, -0.15) is 5.26 Å². The van der Waals surface area contributed by atoms with Gasteiger partial charge >= 0.3 is 0 Å². The fraction of sp³-hybridized carbons (Fsp3) is 0.462. The Labute approximate surface area is 102 Å². The molecule has 0 spiro atoms. The van der Waals surface area contributed by atoms with E-state index in [0.717, 1.165) is 31.9 Å². The fourth-order valence-electron chi connectivity index (χ4n) is 2.20. The maximum atomic E-state index is 8.82. The van der Waals surface area contributed by atoms with Crippen LogP contribution in [0.5, 0.6) is 0 Å². The molecule has 0 saturated carbocycles. The molecule has 2 rings (SSSR count). The maximum Gasteiger partial charge on any atom is 0.0992 e. The molecular formula is C13H17N3O. The third-order valence-corrected chi connectivity index (χ3v) is 3.16. The lowest BCUT2D eigenvalue weighted by Crippen LogP contribution is -2.45. The SMILES string of the molecule is CCC1COCCN1c1ccc(C#N)cc1N. The average Bonchev–Trinajstić information content (AvgIpc) is 2.38. The average molecular weight is 231 g/mol. The van der Waals surface area contributed by atoms with Crippen molar-refractivity contribution < 1.29 is 4.74 Å². The summed E-state index contributed by atoms with van der Waals surface area (Å²) in [5, 5.41) is 8.82. The molecule has 1 fully saturated rings. The normalized spacial score (nSPS) is 20.0. The minimum Gasteiger partial charge on any atom is -0.397 e. The first-order valence-corrected chi connectivity index (χ1v) is 5.90. The molecule has 1 aromatic rings. The quantitative estimate of drug-likeness (QED) is 0.788. The fourth-order valence-corrected chi connectivity index (χ4v) is 2.20. The number of morpholine rings is 1. The predicted octanol–water partition coefficient (Wildman–Crippen LogP) is 1.76. The zero-order chi connectivity index (χ0) is 12.3. The highest BCUT2D eigenvalue weighted by molar-refractivity contribution is 5.70. The second kappa shape index (κ2) is 5.07. The second-order valence-corrected chi connectivity index (χ2v) is 4.22. The van der Waals surface area contributed by atoms with Gasteiger partial charge in [-0.25, -0.2) is 0 Å². The lowest BCUT2D eigenvalue weighted by Gasteiger charge is -2.37. The summed E-state index contributed by atoms with van der Waals surface area (Å²) in [5.41, 5.74) is 8.30. The molecule has 2 N–H and O–H groups in total. The Kier molecular flexibility index (Phi) is 3.50. The van der Waals surface area contributed by atoms with Crippen molar-refractivity contribution in [3.63, 3.8) is 0 Å². The summed E-state index contributed by atoms with van der Waals surface area (Å²) in [4.78, 5) is 2.28. The van der Waals surface area contributed by atoms with Crippen LogP contribution in [0.25, 0.3) is 0 Å². The molecule has 0 amide bonds. The van der Waals surface area contributed by atoms with Gasteiger partial charge in [0.15, 0.2) is 0 Å². The zero-order valence-corrected chi connectivity index (χ0v) is 10.0. The lowest BCUT2D eigenvalue weighted by molar-refractivity contribution is 0.0931. The molecule has 17 heavy (non-hydrogen) atoms. The highest BCUT2D eigenvalue weighted by Gasteiger charge is 2.23. The van der Waals surface area contributed by atoms with Crippen LogP contribution in [0, 0.1) is 11.3 Å². The van der Waals surface area contributed by atoms with Gasteiger partial charge in [0.05, 0.1) is 42.3 Å². The molecule has 90 valence electrons. The number of hydrogen-bond donors (Lipinski definition) is 1. The molecule has 4 heteroatoms. The van der Waals surface area contributed by atoms with Crippen LogP contribution in [-0.4, -0.2) is 25.8 Å². The van der Waals surface area contributed by atoms with Crippen molar-refractivity contribution in [3.05, 3.63) is 23.8 Å². The van der Waals surface area contributed by atoms with Crippen molar-refractivity contribution in [1.29, 1.82) is 5.26 Å². The molecule has 0 aromatic heterocycles. The summed E-state index contributed by atoms with van der Waals surface area (Å²) in [7, 11) is 0. The molecular weight excluding hydrogens is 214 g/mol. The Morgan fingerprint density at radius 1 is 1.59 bits per heavy atom. The van der Waals surface area contributed by atoms with E-state index in [0.29, 0.717) is 17.3 Å². The molecule has 0 aliphatic carbocycles. The van der Waals surface area contributed by atoms with Gasteiger partial charge in [-0.1, -0.05) is 6.92 Å². The number of nitrogen functional groups attached to an aromatic ring is 1. The van der Waals surface area contributed by atoms with Gasteiger partial charge in [-0.05, 0) is 24.6 Å². The number of nitriles is 1. The van der Waals surface area contributed by atoms with Gasteiger partial charge in [-0.3, -0.25) is 0 Å². The van der Waals surface area contributed by atoms with Crippen molar-refractivity contribution in [1.82, 2.24) is 0 Å². The number of rotatable bonds is 2. The summed E-state index contributed by atoms with van der Waals surface area (Å²) in [6.45, 7) is 4.48. The Morgan fingerprint density at radius 3 is 3.06 bits per heavy atom. The van der Waals surface area contributed by atoms with Crippen LogP contribution >= 0.6 is 0 Å². The molecule has 0 bridgehead atoms. The van der Waals surface area contributed by atoms with E-state index in [1.54, 1.807) is 6.07 Å². The van der Waals surface area contributed by atoms with Gasteiger partial charge in [-0.15, -0.1) is 0 Å². The Hall–Kier alpha value is -1.73. The van der Waals surface area contributed by atoms with E-state index in [4.69, 9.17) is 15.7 Å². The predicted molar refractivity (Wildman–Crippen MR) is 67.8 cm³/mol. The topological polar surface area (TPSA) is 62.3 Å². The van der Waals surface area contributed by atoms with E-state index in [1.807, 2.05) is 12.1 Å². The van der Waals surface area contributed by atoms with E-state index < -0.39 is 0 Å². The summed E-state index contributed by atoms with van der Waals surface area (Å²) in [6.07, 6.45) is 1.03. The minimum absolute atomic E-state index is 0.374. The standard InChI is InChI=1S/C13H17N3O/c1-2-11-9-17-6-5-16(11)13-4-3-10(8-14)7-12(13)15/h3-4,7,11H,2,5-6,9,15H2,1H3. The molecule has 1 aromatic carbocycles. The summed E-state index contributed by atoms with van der Waals surface area (Å²) in [6, 6.07) is 7.95. The molecule has 0 radical (unpaired) electrons. The van der Waals surface area contributed by atoms with Crippen LogP contribution in [0.3, 0.4) is 0 Å². The third-order valence-electron chi connectivity index (χ3n) is 3.16. The van der Waals surface area contributed by atoms with Crippen molar-refractivity contribution >= 4 is 11.4 Å². The van der Waals surface area contributed by atoms with Crippen molar-refractivity contribution in [2.45, 2.75) is 19.4 Å². The molecule has 1 atom stereocenters. The van der Waals surface area contributed by atoms with Crippen molar-refractivity contribution in [2.75, 3.05) is 30.4 Å². The first-order chi connectivity index (χ1) is 8.26. The van der Waals surface area contributed by atoms with Crippen LogP contribution in [-0.2, 0) is 4.74 Å². The number of anilines is 2.